The van der Waals surface area contributed by atoms with Crippen LogP contribution in [-0.2, 0) is 10.3 Å². The van der Waals surface area contributed by atoms with E-state index in [9.17, 15) is 4.79 Å². The minimum Gasteiger partial charge on any atom is -0.481 e. The zero-order chi connectivity index (χ0) is 12.3. The number of aromatic nitrogens is 2. The Balaban J connectivity index is 2.54. The summed E-state index contributed by atoms with van der Waals surface area (Å²) in [7, 11) is 2.96. The minimum atomic E-state index is -1.16. The highest BCUT2D eigenvalue weighted by Crippen LogP contribution is 2.28. The Labute approximate surface area is 98.0 Å². The van der Waals surface area contributed by atoms with E-state index in [-0.39, 0.29) is 5.82 Å². The van der Waals surface area contributed by atoms with Gasteiger partial charge in [-0.15, -0.1) is 0 Å². The van der Waals surface area contributed by atoms with Gasteiger partial charge in [-0.3, -0.25) is 9.79 Å². The summed E-state index contributed by atoms with van der Waals surface area (Å²) >= 11 is 0. The van der Waals surface area contributed by atoms with Crippen LogP contribution in [0.25, 0.3) is 0 Å². The van der Waals surface area contributed by atoms with Crippen molar-refractivity contribution in [2.75, 3.05) is 14.2 Å². The second-order valence-electron chi connectivity index (χ2n) is 3.36. The molecule has 1 aromatic heterocycles. The van der Waals surface area contributed by atoms with Gasteiger partial charge in [-0.1, -0.05) is 0 Å². The van der Waals surface area contributed by atoms with E-state index in [2.05, 4.69) is 15.0 Å². The van der Waals surface area contributed by atoms with Gasteiger partial charge in [0.2, 0.25) is 11.8 Å². The number of ether oxygens (including phenoxy) is 2. The maximum absolute atomic E-state index is 11.2. The second-order valence-corrected chi connectivity index (χ2v) is 3.36. The first-order chi connectivity index (χ1) is 8.24. The number of hydrogen-bond donors (Lipinski definition) is 0. The molecule has 2 heterocycles. The van der Waals surface area contributed by atoms with Crippen LogP contribution in [0.1, 0.15) is 5.82 Å². The van der Waals surface area contributed by atoms with Gasteiger partial charge in [0, 0.05) is 6.21 Å². The van der Waals surface area contributed by atoms with Crippen LogP contribution >= 0.6 is 0 Å². The molecule has 6 nitrogen and oxygen atoms in total. The lowest BCUT2D eigenvalue weighted by Crippen LogP contribution is -2.24. The number of carbonyl (C=O) groups is 1. The molecule has 1 aliphatic rings. The van der Waals surface area contributed by atoms with Crippen molar-refractivity contribution >= 4 is 12.5 Å². The smallest absolute Gasteiger partial charge is 0.220 e. The van der Waals surface area contributed by atoms with Gasteiger partial charge < -0.3 is 9.47 Å². The Morgan fingerprint density at radius 1 is 1.24 bits per heavy atom. The lowest BCUT2D eigenvalue weighted by Gasteiger charge is -2.16. The Bertz CT molecular complexity index is 462. The Morgan fingerprint density at radius 3 is 2.29 bits per heavy atom. The van der Waals surface area contributed by atoms with E-state index in [4.69, 9.17) is 9.47 Å². The van der Waals surface area contributed by atoms with Crippen molar-refractivity contribution in [3.05, 3.63) is 24.0 Å². The zero-order valence-corrected chi connectivity index (χ0v) is 9.45. The van der Waals surface area contributed by atoms with Crippen LogP contribution in [0.3, 0.4) is 0 Å². The molecule has 88 valence electrons. The van der Waals surface area contributed by atoms with Gasteiger partial charge in [0.25, 0.3) is 0 Å². The van der Waals surface area contributed by atoms with Gasteiger partial charge in [-0.2, -0.15) is 9.97 Å². The number of aliphatic imine (C=N–C) groups is 1. The van der Waals surface area contributed by atoms with Crippen molar-refractivity contribution < 1.29 is 14.3 Å². The number of nitrogens with zero attached hydrogens (tertiary/aromatic N) is 3. The molecule has 0 saturated carbocycles. The number of hydrogen-bond acceptors (Lipinski definition) is 6. The first-order valence-corrected chi connectivity index (χ1v) is 4.91. The summed E-state index contributed by atoms with van der Waals surface area (Å²) in [4.78, 5) is 23.5. The van der Waals surface area contributed by atoms with Crippen molar-refractivity contribution in [2.24, 2.45) is 4.99 Å². The van der Waals surface area contributed by atoms with Crippen molar-refractivity contribution in [3.8, 4) is 11.8 Å². The maximum atomic E-state index is 11.2. The average molecular weight is 233 g/mol. The molecule has 1 aliphatic heterocycles. The Kier molecular flexibility index (Phi) is 2.86. The van der Waals surface area contributed by atoms with Crippen LogP contribution in [0.15, 0.2) is 23.2 Å². The fourth-order valence-corrected chi connectivity index (χ4v) is 1.45. The topological polar surface area (TPSA) is 73.7 Å². The molecule has 6 heteroatoms. The summed E-state index contributed by atoms with van der Waals surface area (Å²) in [5.41, 5.74) is -1.16. The first-order valence-electron chi connectivity index (χ1n) is 4.91. The van der Waals surface area contributed by atoms with E-state index in [0.29, 0.717) is 18.0 Å². The molecule has 0 spiro atoms. The second kappa shape index (κ2) is 4.32. The normalized spacial score (nSPS) is 21.5. The lowest BCUT2D eigenvalue weighted by atomic mass is 10.0. The van der Waals surface area contributed by atoms with Crippen molar-refractivity contribution in [1.82, 2.24) is 9.97 Å². The zero-order valence-electron chi connectivity index (χ0n) is 9.45. The molecule has 2 rings (SSSR count). The van der Waals surface area contributed by atoms with Crippen LogP contribution in [-0.4, -0.2) is 36.7 Å². The molecule has 1 atom stereocenters. The Hall–Kier alpha value is -2.24. The lowest BCUT2D eigenvalue weighted by molar-refractivity contribution is -0.111. The quantitative estimate of drug-likeness (QED) is 0.709. The molecular weight excluding hydrogens is 222 g/mol. The molecule has 0 aliphatic carbocycles. The molecule has 1 aromatic rings. The highest BCUT2D eigenvalue weighted by molar-refractivity contribution is 5.84. The van der Waals surface area contributed by atoms with Gasteiger partial charge in [0.15, 0.2) is 17.6 Å². The monoisotopic (exact) mass is 233 g/mol. The molecule has 0 fully saturated rings. The van der Waals surface area contributed by atoms with Crippen molar-refractivity contribution in [1.29, 1.82) is 0 Å². The average Bonchev–Trinajstić information content (AvgIpc) is 2.88. The van der Waals surface area contributed by atoms with Crippen LogP contribution in [0.4, 0.5) is 0 Å². The summed E-state index contributed by atoms with van der Waals surface area (Å²) in [5, 5.41) is 0. The SMILES string of the molecule is COc1cc(OC)nc(C2(C=O)C=CC=N2)n1. The number of rotatable bonds is 4. The number of allylic oxidation sites excluding steroid dienone is 1. The van der Waals surface area contributed by atoms with Gasteiger partial charge >= 0.3 is 0 Å². The third-order valence-electron chi connectivity index (χ3n) is 2.36. The van der Waals surface area contributed by atoms with Crippen LogP contribution in [0.5, 0.6) is 11.8 Å². The van der Waals surface area contributed by atoms with E-state index in [1.165, 1.54) is 26.5 Å². The van der Waals surface area contributed by atoms with E-state index in [0.717, 1.165) is 0 Å². The van der Waals surface area contributed by atoms with E-state index in [1.807, 2.05) is 0 Å². The number of aldehydes is 1. The van der Waals surface area contributed by atoms with Crippen molar-refractivity contribution in [3.63, 3.8) is 0 Å². The van der Waals surface area contributed by atoms with Crippen LogP contribution in [0, 0.1) is 0 Å². The highest BCUT2D eigenvalue weighted by Gasteiger charge is 2.34. The molecule has 0 aromatic carbocycles. The van der Waals surface area contributed by atoms with Gasteiger partial charge in [0.05, 0.1) is 20.3 Å². The predicted octanol–water partition coefficient (Wildman–Crippen LogP) is 0.529. The predicted molar refractivity (Wildman–Crippen MR) is 60.5 cm³/mol. The van der Waals surface area contributed by atoms with Crippen molar-refractivity contribution in [2.45, 2.75) is 5.54 Å². The van der Waals surface area contributed by atoms with Gasteiger partial charge in [-0.05, 0) is 12.2 Å². The highest BCUT2D eigenvalue weighted by atomic mass is 16.5. The fraction of sp³-hybridized carbons (Fsp3) is 0.273. The summed E-state index contributed by atoms with van der Waals surface area (Å²) in [6.45, 7) is 0. The summed E-state index contributed by atoms with van der Waals surface area (Å²) in [6.07, 6.45) is 5.50. The number of carbonyl (C=O) groups excluding carboxylic acids is 1. The molecule has 17 heavy (non-hydrogen) atoms. The molecule has 0 bridgehead atoms. The van der Waals surface area contributed by atoms with Crippen LogP contribution in [0.2, 0.25) is 0 Å². The first kappa shape index (κ1) is 11.3. The van der Waals surface area contributed by atoms with Gasteiger partial charge in [0.1, 0.15) is 0 Å². The van der Waals surface area contributed by atoms with Gasteiger partial charge in [-0.25, -0.2) is 0 Å². The third-order valence-corrected chi connectivity index (χ3v) is 2.36. The molecule has 0 saturated heterocycles. The number of methoxy groups -OCH3 is 2. The Morgan fingerprint density at radius 2 is 1.88 bits per heavy atom. The van der Waals surface area contributed by atoms with E-state index in [1.54, 1.807) is 12.2 Å². The third kappa shape index (κ3) is 1.89. The summed E-state index contributed by atoms with van der Waals surface area (Å²) in [6, 6.07) is 1.53. The summed E-state index contributed by atoms with van der Waals surface area (Å²) in [5.74, 6) is 0.876. The summed E-state index contributed by atoms with van der Waals surface area (Å²) < 4.78 is 10.0. The van der Waals surface area contributed by atoms with E-state index < -0.39 is 5.54 Å². The van der Waals surface area contributed by atoms with Crippen LogP contribution < -0.4 is 9.47 Å². The van der Waals surface area contributed by atoms with E-state index >= 15 is 0 Å². The molecule has 0 N–H and O–H groups in total. The molecule has 0 radical (unpaired) electrons. The molecular formula is C11H11N3O3. The molecule has 0 amide bonds. The largest absolute Gasteiger partial charge is 0.481 e. The minimum absolute atomic E-state index is 0.230. The maximum Gasteiger partial charge on any atom is 0.220 e. The standard InChI is InChI=1S/C11H11N3O3/c1-16-8-6-9(17-2)14-10(13-8)11(7-15)4-3-5-12-11/h3-7H,1-2H3. The molecule has 1 unspecified atom stereocenters. The fourth-order valence-electron chi connectivity index (χ4n) is 1.45.